The van der Waals surface area contributed by atoms with Crippen molar-refractivity contribution in [1.82, 2.24) is 0 Å². The molecule has 0 heterocycles. The van der Waals surface area contributed by atoms with E-state index in [2.05, 4.69) is 0 Å². The summed E-state index contributed by atoms with van der Waals surface area (Å²) in [6, 6.07) is 0. The molecule has 0 aliphatic carbocycles. The van der Waals surface area contributed by atoms with Gasteiger partial charge in [0.15, 0.2) is 6.17 Å². The van der Waals surface area contributed by atoms with E-state index in [1.807, 2.05) is 0 Å². The fourth-order valence-corrected chi connectivity index (χ4v) is 1.17. The Morgan fingerprint density at radius 3 is 1.80 bits per heavy atom. The standard InChI is InChI=1S/C9H17F5N/c1-2-3-4-8(13)9(14)15(5-10,6-11)7-12/h8-9H,2-7H2,1H3/q+1. The van der Waals surface area contributed by atoms with E-state index in [-0.39, 0.29) is 6.42 Å². The summed E-state index contributed by atoms with van der Waals surface area (Å²) < 4.78 is 61.7. The predicted molar refractivity (Wildman–Crippen MR) is 47.5 cm³/mol. The van der Waals surface area contributed by atoms with E-state index in [1.165, 1.54) is 0 Å². The van der Waals surface area contributed by atoms with Crippen LogP contribution in [0.4, 0.5) is 22.0 Å². The fourth-order valence-electron chi connectivity index (χ4n) is 1.17. The van der Waals surface area contributed by atoms with Crippen molar-refractivity contribution in [2.45, 2.75) is 38.7 Å². The number of hydrogen-bond acceptors (Lipinski definition) is 0. The topological polar surface area (TPSA) is 0 Å². The first kappa shape index (κ1) is 14.6. The monoisotopic (exact) mass is 234 g/mol. The molecule has 0 aromatic heterocycles. The molecule has 0 aromatic carbocycles. The average molecular weight is 234 g/mol. The molecule has 0 N–H and O–H groups in total. The summed E-state index contributed by atoms with van der Waals surface area (Å²) in [6.45, 7) is -2.97. The number of nitrogens with zero attached hydrogens (tertiary/aromatic N) is 1. The normalized spacial score (nSPS) is 16.4. The van der Waals surface area contributed by atoms with Gasteiger partial charge < -0.3 is 0 Å². The number of halogens is 5. The maximum Gasteiger partial charge on any atom is 0.269 e. The summed E-state index contributed by atoms with van der Waals surface area (Å²) in [5.74, 6) is 0. The van der Waals surface area contributed by atoms with Gasteiger partial charge in [0.2, 0.25) is 20.4 Å². The molecule has 0 aromatic rings. The van der Waals surface area contributed by atoms with E-state index >= 15 is 0 Å². The van der Waals surface area contributed by atoms with E-state index in [1.54, 1.807) is 6.92 Å². The largest absolute Gasteiger partial charge is 0.269 e. The van der Waals surface area contributed by atoms with Crippen molar-refractivity contribution < 1.29 is 26.4 Å². The van der Waals surface area contributed by atoms with E-state index in [9.17, 15) is 22.0 Å². The minimum Gasteiger partial charge on any atom is -0.238 e. The second-order valence-corrected chi connectivity index (χ2v) is 3.61. The van der Waals surface area contributed by atoms with Crippen molar-refractivity contribution in [3.05, 3.63) is 0 Å². The molecule has 0 fully saturated rings. The van der Waals surface area contributed by atoms with E-state index < -0.39 is 37.3 Å². The van der Waals surface area contributed by atoms with Gasteiger partial charge in [0.1, 0.15) is 0 Å². The smallest absolute Gasteiger partial charge is 0.238 e. The van der Waals surface area contributed by atoms with Crippen LogP contribution in [0.5, 0.6) is 0 Å². The molecule has 1 nitrogen and oxygen atoms in total. The minimum absolute atomic E-state index is 0.141. The Morgan fingerprint density at radius 2 is 1.47 bits per heavy atom. The second-order valence-electron chi connectivity index (χ2n) is 3.61. The van der Waals surface area contributed by atoms with Crippen LogP contribution in [0.1, 0.15) is 26.2 Å². The highest BCUT2D eigenvalue weighted by atomic mass is 19.2. The Morgan fingerprint density at radius 1 is 1.00 bits per heavy atom. The summed E-state index contributed by atoms with van der Waals surface area (Å²) in [4.78, 5) is 0. The maximum atomic E-state index is 13.3. The Hall–Kier alpha value is -0.390. The fraction of sp³-hybridized carbons (Fsp3) is 1.00. The van der Waals surface area contributed by atoms with E-state index in [4.69, 9.17) is 0 Å². The summed E-state index contributed by atoms with van der Waals surface area (Å²) in [5.41, 5.74) is 0. The first-order valence-electron chi connectivity index (χ1n) is 4.89. The molecule has 0 spiro atoms. The number of unbranched alkanes of at least 4 members (excludes halogenated alkanes) is 1. The SMILES string of the molecule is CCCCC(F)C(F)[N+](CF)(CF)CF. The van der Waals surface area contributed by atoms with E-state index in [0.717, 1.165) is 0 Å². The summed E-state index contributed by atoms with van der Waals surface area (Å²) in [5, 5.41) is 0. The van der Waals surface area contributed by atoms with E-state index in [0.29, 0.717) is 12.8 Å². The maximum absolute atomic E-state index is 13.3. The highest BCUT2D eigenvalue weighted by Gasteiger charge is 2.43. The summed E-state index contributed by atoms with van der Waals surface area (Å²) >= 11 is 0. The van der Waals surface area contributed by atoms with Gasteiger partial charge in [-0.1, -0.05) is 19.8 Å². The van der Waals surface area contributed by atoms with Crippen molar-refractivity contribution in [2.75, 3.05) is 20.4 Å². The van der Waals surface area contributed by atoms with Crippen molar-refractivity contribution in [2.24, 2.45) is 0 Å². The molecule has 0 saturated heterocycles. The van der Waals surface area contributed by atoms with Crippen molar-refractivity contribution in [3.63, 3.8) is 0 Å². The van der Waals surface area contributed by atoms with Crippen LogP contribution in [0.25, 0.3) is 0 Å². The number of quaternary nitrogens is 1. The van der Waals surface area contributed by atoms with Gasteiger partial charge >= 0.3 is 0 Å². The molecule has 0 aliphatic rings. The van der Waals surface area contributed by atoms with Crippen LogP contribution in [0, 0.1) is 0 Å². The molecular weight excluding hydrogens is 217 g/mol. The third-order valence-electron chi connectivity index (χ3n) is 2.37. The number of rotatable bonds is 8. The molecule has 0 rings (SSSR count). The average Bonchev–Trinajstić information content (AvgIpc) is 2.28. The van der Waals surface area contributed by atoms with Gasteiger partial charge in [-0.25, -0.2) is 8.87 Å². The lowest BCUT2D eigenvalue weighted by molar-refractivity contribution is -0.997. The molecule has 2 atom stereocenters. The Balaban J connectivity index is 4.41. The van der Waals surface area contributed by atoms with Gasteiger partial charge in [-0.05, 0) is 6.42 Å². The van der Waals surface area contributed by atoms with Crippen LogP contribution < -0.4 is 0 Å². The van der Waals surface area contributed by atoms with Crippen molar-refractivity contribution >= 4 is 0 Å². The molecule has 15 heavy (non-hydrogen) atoms. The lowest BCUT2D eigenvalue weighted by Crippen LogP contribution is -2.55. The first-order valence-corrected chi connectivity index (χ1v) is 4.89. The first-order chi connectivity index (χ1) is 7.07. The summed E-state index contributed by atoms with van der Waals surface area (Å²) in [6.07, 6.45) is -3.58. The minimum atomic E-state index is -2.48. The third-order valence-corrected chi connectivity index (χ3v) is 2.37. The van der Waals surface area contributed by atoms with Crippen LogP contribution in [-0.4, -0.2) is 37.3 Å². The molecule has 6 heteroatoms. The molecule has 0 saturated carbocycles. The van der Waals surface area contributed by atoms with Crippen LogP contribution in [0.15, 0.2) is 0 Å². The van der Waals surface area contributed by atoms with Gasteiger partial charge in [0.25, 0.3) is 6.30 Å². The van der Waals surface area contributed by atoms with Gasteiger partial charge in [0.05, 0.1) is 0 Å². The highest BCUT2D eigenvalue weighted by molar-refractivity contribution is 4.60. The zero-order chi connectivity index (χ0) is 11.9. The van der Waals surface area contributed by atoms with Gasteiger partial charge in [0, 0.05) is 0 Å². The van der Waals surface area contributed by atoms with Crippen LogP contribution in [0.2, 0.25) is 0 Å². The van der Waals surface area contributed by atoms with Gasteiger partial charge in [-0.2, -0.15) is 17.6 Å². The van der Waals surface area contributed by atoms with Crippen LogP contribution in [0.3, 0.4) is 0 Å². The Bertz CT molecular complexity index is 154. The highest BCUT2D eigenvalue weighted by Crippen LogP contribution is 2.24. The molecule has 0 bridgehead atoms. The molecule has 2 unspecified atom stereocenters. The molecule has 0 radical (unpaired) electrons. The van der Waals surface area contributed by atoms with Gasteiger partial charge in [-0.15, -0.1) is 0 Å². The van der Waals surface area contributed by atoms with Gasteiger partial charge in [-0.3, -0.25) is 0 Å². The Kier molecular flexibility index (Phi) is 6.80. The zero-order valence-electron chi connectivity index (χ0n) is 8.73. The quantitative estimate of drug-likeness (QED) is 0.343. The number of alkyl halides is 5. The molecule has 0 aliphatic heterocycles. The zero-order valence-corrected chi connectivity index (χ0v) is 8.73. The summed E-state index contributed by atoms with van der Waals surface area (Å²) in [7, 11) is 0. The third kappa shape index (κ3) is 3.59. The molecule has 0 amide bonds. The predicted octanol–water partition coefficient (Wildman–Crippen LogP) is 3.41. The van der Waals surface area contributed by atoms with Crippen LogP contribution >= 0.6 is 0 Å². The number of hydrogen-bond donors (Lipinski definition) is 0. The van der Waals surface area contributed by atoms with Crippen LogP contribution in [-0.2, 0) is 0 Å². The molecule has 92 valence electrons. The Labute approximate surface area is 86.5 Å². The molecular formula is C9H17F5N+. The van der Waals surface area contributed by atoms with Crippen molar-refractivity contribution in [3.8, 4) is 0 Å². The second kappa shape index (κ2) is 6.98. The van der Waals surface area contributed by atoms with Crippen molar-refractivity contribution in [1.29, 1.82) is 0 Å². The lowest BCUT2D eigenvalue weighted by Gasteiger charge is -2.33. The lowest BCUT2D eigenvalue weighted by atomic mass is 10.1.